The zero-order valence-corrected chi connectivity index (χ0v) is 10.4. The van der Waals surface area contributed by atoms with Gasteiger partial charge in [-0.15, -0.1) is 0 Å². The maximum atomic E-state index is 6.06. The summed E-state index contributed by atoms with van der Waals surface area (Å²) in [6.07, 6.45) is 4.02. The summed E-state index contributed by atoms with van der Waals surface area (Å²) in [7, 11) is 1.70. The van der Waals surface area contributed by atoms with Crippen LogP contribution in [0.1, 0.15) is 33.1 Å². The van der Waals surface area contributed by atoms with Gasteiger partial charge in [0.2, 0.25) is 0 Å². The summed E-state index contributed by atoms with van der Waals surface area (Å²) in [6, 6.07) is 0.143. The van der Waals surface area contributed by atoms with E-state index in [-0.39, 0.29) is 18.2 Å². The second kappa shape index (κ2) is 5.00. The summed E-state index contributed by atoms with van der Waals surface area (Å²) in [5.41, 5.74) is 5.85. The molecule has 5 unspecified atom stereocenters. The lowest BCUT2D eigenvalue weighted by Crippen LogP contribution is -2.59. The minimum atomic E-state index is 0.0773. The van der Waals surface area contributed by atoms with Crippen LogP contribution >= 0.6 is 0 Å². The first-order valence-corrected chi connectivity index (χ1v) is 6.19. The van der Waals surface area contributed by atoms with E-state index in [0.717, 1.165) is 19.3 Å². The van der Waals surface area contributed by atoms with Crippen molar-refractivity contribution < 1.29 is 14.2 Å². The number of ether oxygens (including phenoxy) is 3. The third kappa shape index (κ3) is 2.56. The first-order valence-electron chi connectivity index (χ1n) is 6.19. The van der Waals surface area contributed by atoms with Crippen LogP contribution in [0, 0.1) is 0 Å². The fourth-order valence-corrected chi connectivity index (χ4v) is 2.78. The third-order valence-corrected chi connectivity index (χ3v) is 3.59. The van der Waals surface area contributed by atoms with Crippen LogP contribution in [0.5, 0.6) is 0 Å². The highest BCUT2D eigenvalue weighted by atomic mass is 16.6. The molecule has 4 heteroatoms. The highest BCUT2D eigenvalue weighted by molar-refractivity contribution is 4.95. The Morgan fingerprint density at radius 2 is 1.75 bits per heavy atom. The largest absolute Gasteiger partial charge is 0.377 e. The van der Waals surface area contributed by atoms with Gasteiger partial charge in [-0.25, -0.2) is 0 Å². The topological polar surface area (TPSA) is 53.7 Å². The summed E-state index contributed by atoms with van der Waals surface area (Å²) in [5, 5.41) is 0. The predicted octanol–water partition coefficient (Wildman–Crippen LogP) is 1.07. The molecule has 1 aliphatic carbocycles. The summed E-state index contributed by atoms with van der Waals surface area (Å²) in [4.78, 5) is 0. The van der Waals surface area contributed by atoms with Crippen molar-refractivity contribution in [3.05, 3.63) is 0 Å². The molecular weight excluding hydrogens is 206 g/mol. The van der Waals surface area contributed by atoms with Crippen molar-refractivity contribution in [2.24, 2.45) is 5.73 Å². The fourth-order valence-electron chi connectivity index (χ4n) is 2.78. The van der Waals surface area contributed by atoms with Gasteiger partial charge in [-0.05, 0) is 33.1 Å². The normalized spacial score (nSPS) is 48.8. The molecule has 2 fully saturated rings. The molecule has 4 nitrogen and oxygen atoms in total. The second-order valence-electron chi connectivity index (χ2n) is 5.13. The van der Waals surface area contributed by atoms with Crippen molar-refractivity contribution in [3.8, 4) is 0 Å². The number of hydrogen-bond acceptors (Lipinski definition) is 4. The van der Waals surface area contributed by atoms with Crippen LogP contribution in [0.2, 0.25) is 0 Å². The summed E-state index contributed by atoms with van der Waals surface area (Å²) in [5.74, 6) is 0. The molecule has 1 aliphatic heterocycles. The van der Waals surface area contributed by atoms with Gasteiger partial charge in [-0.2, -0.15) is 0 Å². The van der Waals surface area contributed by atoms with Gasteiger partial charge in [-0.1, -0.05) is 0 Å². The van der Waals surface area contributed by atoms with Crippen LogP contribution in [0.4, 0.5) is 0 Å². The van der Waals surface area contributed by atoms with Crippen molar-refractivity contribution in [2.45, 2.75) is 69.7 Å². The standard InChI is InChI=1S/C12H23NO3/c1-7-4-9(5-8(2)15-7)16-11-6-10(13)12(11)14-3/h7-12H,4-6,13H2,1-3H3. The van der Waals surface area contributed by atoms with E-state index in [2.05, 4.69) is 13.8 Å². The molecule has 0 aromatic heterocycles. The molecule has 0 aromatic carbocycles. The van der Waals surface area contributed by atoms with Crippen LogP contribution in [-0.4, -0.2) is 43.7 Å². The smallest absolute Gasteiger partial charge is 0.0984 e. The van der Waals surface area contributed by atoms with Crippen LogP contribution in [-0.2, 0) is 14.2 Å². The Kier molecular flexibility index (Phi) is 3.85. The van der Waals surface area contributed by atoms with E-state index in [1.54, 1.807) is 7.11 Å². The number of methoxy groups -OCH3 is 1. The Hall–Kier alpha value is -0.160. The monoisotopic (exact) mass is 229 g/mol. The molecule has 94 valence electrons. The molecule has 2 N–H and O–H groups in total. The van der Waals surface area contributed by atoms with Gasteiger partial charge in [0.15, 0.2) is 0 Å². The highest BCUT2D eigenvalue weighted by Gasteiger charge is 2.42. The van der Waals surface area contributed by atoms with Crippen molar-refractivity contribution in [1.82, 2.24) is 0 Å². The first kappa shape index (κ1) is 12.3. The van der Waals surface area contributed by atoms with E-state index in [0.29, 0.717) is 18.3 Å². The molecule has 0 spiro atoms. The molecule has 2 aliphatic rings. The Morgan fingerprint density at radius 3 is 2.25 bits per heavy atom. The average molecular weight is 229 g/mol. The zero-order valence-electron chi connectivity index (χ0n) is 10.4. The quantitative estimate of drug-likeness (QED) is 0.786. The maximum Gasteiger partial charge on any atom is 0.0984 e. The Bertz CT molecular complexity index is 226. The minimum Gasteiger partial charge on any atom is -0.377 e. The Labute approximate surface area is 97.4 Å². The number of hydrogen-bond donors (Lipinski definition) is 1. The Morgan fingerprint density at radius 1 is 1.12 bits per heavy atom. The van der Waals surface area contributed by atoms with E-state index >= 15 is 0 Å². The molecule has 2 rings (SSSR count). The van der Waals surface area contributed by atoms with Gasteiger partial charge in [-0.3, -0.25) is 0 Å². The lowest BCUT2D eigenvalue weighted by Gasteiger charge is -2.44. The van der Waals surface area contributed by atoms with Gasteiger partial charge in [0.1, 0.15) is 0 Å². The van der Waals surface area contributed by atoms with Crippen LogP contribution in [0.3, 0.4) is 0 Å². The molecule has 1 heterocycles. The molecule has 16 heavy (non-hydrogen) atoms. The van der Waals surface area contributed by atoms with Gasteiger partial charge in [0, 0.05) is 13.2 Å². The second-order valence-corrected chi connectivity index (χ2v) is 5.13. The minimum absolute atomic E-state index is 0.0773. The van der Waals surface area contributed by atoms with E-state index in [4.69, 9.17) is 19.9 Å². The lowest BCUT2D eigenvalue weighted by atomic mass is 9.85. The predicted molar refractivity (Wildman–Crippen MR) is 61.3 cm³/mol. The molecular formula is C12H23NO3. The third-order valence-electron chi connectivity index (χ3n) is 3.59. The van der Waals surface area contributed by atoms with E-state index in [9.17, 15) is 0 Å². The molecule has 0 amide bonds. The SMILES string of the molecule is COC1C(N)CC1OC1CC(C)OC(C)C1. The van der Waals surface area contributed by atoms with E-state index in [1.165, 1.54) is 0 Å². The van der Waals surface area contributed by atoms with Crippen molar-refractivity contribution in [3.63, 3.8) is 0 Å². The van der Waals surface area contributed by atoms with Crippen molar-refractivity contribution in [1.29, 1.82) is 0 Å². The fraction of sp³-hybridized carbons (Fsp3) is 1.00. The lowest BCUT2D eigenvalue weighted by molar-refractivity contribution is -0.182. The highest BCUT2D eigenvalue weighted by Crippen LogP contribution is 2.30. The van der Waals surface area contributed by atoms with E-state index in [1.807, 2.05) is 0 Å². The van der Waals surface area contributed by atoms with Crippen LogP contribution in [0.25, 0.3) is 0 Å². The zero-order chi connectivity index (χ0) is 11.7. The van der Waals surface area contributed by atoms with Gasteiger partial charge in [0.05, 0.1) is 30.5 Å². The Balaban J connectivity index is 1.81. The van der Waals surface area contributed by atoms with Gasteiger partial charge < -0.3 is 19.9 Å². The maximum absolute atomic E-state index is 6.06. The summed E-state index contributed by atoms with van der Waals surface area (Å²) < 4.78 is 17.1. The molecule has 5 atom stereocenters. The number of rotatable bonds is 3. The van der Waals surface area contributed by atoms with Crippen molar-refractivity contribution in [2.75, 3.05) is 7.11 Å². The van der Waals surface area contributed by atoms with Gasteiger partial charge >= 0.3 is 0 Å². The molecule has 0 radical (unpaired) electrons. The first-order chi connectivity index (χ1) is 7.60. The van der Waals surface area contributed by atoms with Gasteiger partial charge in [0.25, 0.3) is 0 Å². The average Bonchev–Trinajstić information content (AvgIpc) is 2.15. The van der Waals surface area contributed by atoms with E-state index < -0.39 is 0 Å². The molecule has 0 bridgehead atoms. The van der Waals surface area contributed by atoms with Crippen LogP contribution < -0.4 is 5.73 Å². The molecule has 1 saturated heterocycles. The summed E-state index contributed by atoms with van der Waals surface area (Å²) >= 11 is 0. The van der Waals surface area contributed by atoms with Crippen LogP contribution in [0.15, 0.2) is 0 Å². The number of nitrogens with two attached hydrogens (primary N) is 1. The molecule has 0 aromatic rings. The summed E-state index contributed by atoms with van der Waals surface area (Å²) in [6.45, 7) is 4.21. The molecule has 1 saturated carbocycles. The van der Waals surface area contributed by atoms with Crippen molar-refractivity contribution >= 4 is 0 Å².